The number of alkyl halides is 3. The summed E-state index contributed by atoms with van der Waals surface area (Å²) < 4.78 is 37.8. The number of thioether (sulfide) groups is 1. The van der Waals surface area contributed by atoms with Gasteiger partial charge >= 0.3 is 6.18 Å². The van der Waals surface area contributed by atoms with Gasteiger partial charge in [0.05, 0.1) is 16.3 Å². The molecule has 124 valence electrons. The van der Waals surface area contributed by atoms with E-state index in [1.807, 2.05) is 5.38 Å². The number of nitrogens with zero attached hydrogens (tertiary/aromatic N) is 4. The highest BCUT2D eigenvalue weighted by atomic mass is 35.5. The van der Waals surface area contributed by atoms with Crippen molar-refractivity contribution < 1.29 is 13.2 Å². The van der Waals surface area contributed by atoms with Crippen molar-refractivity contribution in [2.45, 2.75) is 17.0 Å². The maximum absolute atomic E-state index is 12.6. The van der Waals surface area contributed by atoms with Gasteiger partial charge in [-0.3, -0.25) is 0 Å². The molecule has 24 heavy (non-hydrogen) atoms. The Balaban J connectivity index is 1.69. The molecular formula is C14H8ClF3N4S2. The van der Waals surface area contributed by atoms with E-state index in [2.05, 4.69) is 19.9 Å². The monoisotopic (exact) mass is 388 g/mol. The van der Waals surface area contributed by atoms with E-state index in [-0.39, 0.29) is 5.02 Å². The molecule has 0 aliphatic rings. The summed E-state index contributed by atoms with van der Waals surface area (Å²) in [5.41, 5.74) is -0.112. The molecule has 3 aromatic heterocycles. The minimum absolute atomic E-state index is 0.0309. The molecule has 0 saturated heterocycles. The van der Waals surface area contributed by atoms with Crippen LogP contribution >= 0.6 is 34.7 Å². The Bertz CT molecular complexity index is 840. The molecular weight excluding hydrogens is 381 g/mol. The maximum atomic E-state index is 12.6. The molecule has 0 aromatic carbocycles. The predicted octanol–water partition coefficient (Wildman–Crippen LogP) is 4.96. The van der Waals surface area contributed by atoms with Crippen LogP contribution in [0.25, 0.3) is 10.8 Å². The molecule has 0 spiro atoms. The van der Waals surface area contributed by atoms with Gasteiger partial charge in [0.15, 0.2) is 10.8 Å². The summed E-state index contributed by atoms with van der Waals surface area (Å²) >= 11 is 8.50. The van der Waals surface area contributed by atoms with Crippen LogP contribution in [0.1, 0.15) is 11.3 Å². The lowest BCUT2D eigenvalue weighted by Crippen LogP contribution is -2.05. The molecule has 10 heteroatoms. The number of pyridine rings is 1. The first-order valence-electron chi connectivity index (χ1n) is 6.51. The van der Waals surface area contributed by atoms with Gasteiger partial charge in [-0.2, -0.15) is 13.2 Å². The zero-order valence-electron chi connectivity index (χ0n) is 11.8. The fourth-order valence-electron chi connectivity index (χ4n) is 1.71. The van der Waals surface area contributed by atoms with Crippen molar-refractivity contribution in [3.05, 3.63) is 52.4 Å². The molecule has 0 aliphatic heterocycles. The normalized spacial score (nSPS) is 11.7. The van der Waals surface area contributed by atoms with Crippen LogP contribution < -0.4 is 0 Å². The van der Waals surface area contributed by atoms with Crippen LogP contribution in [0.2, 0.25) is 5.02 Å². The second kappa shape index (κ2) is 7.04. The first-order valence-corrected chi connectivity index (χ1v) is 8.75. The fourth-order valence-corrected chi connectivity index (χ4v) is 3.67. The molecule has 0 fully saturated rings. The van der Waals surface area contributed by atoms with Crippen molar-refractivity contribution in [3.63, 3.8) is 0 Å². The van der Waals surface area contributed by atoms with Crippen molar-refractivity contribution >= 4 is 34.7 Å². The van der Waals surface area contributed by atoms with Gasteiger partial charge in [-0.05, 0) is 12.1 Å². The number of rotatable bonds is 4. The third kappa shape index (κ3) is 4.03. The number of hydrogen-bond acceptors (Lipinski definition) is 6. The van der Waals surface area contributed by atoms with E-state index in [1.165, 1.54) is 23.1 Å². The zero-order valence-corrected chi connectivity index (χ0v) is 14.2. The average Bonchev–Trinajstić information content (AvgIpc) is 3.02. The Kier molecular flexibility index (Phi) is 5.02. The maximum Gasteiger partial charge on any atom is 0.417 e. The summed E-state index contributed by atoms with van der Waals surface area (Å²) in [4.78, 5) is 16.4. The largest absolute Gasteiger partial charge is 0.417 e. The lowest BCUT2D eigenvalue weighted by Gasteiger charge is -2.08. The van der Waals surface area contributed by atoms with E-state index in [9.17, 15) is 13.2 Å². The second-order valence-electron chi connectivity index (χ2n) is 4.51. The summed E-state index contributed by atoms with van der Waals surface area (Å²) in [6.07, 6.45) is -0.425. The first kappa shape index (κ1) is 17.1. The van der Waals surface area contributed by atoms with Gasteiger partial charge in [-0.1, -0.05) is 23.4 Å². The smallest absolute Gasteiger partial charge is 0.248 e. The van der Waals surface area contributed by atoms with Crippen LogP contribution in [-0.2, 0) is 11.9 Å². The zero-order chi connectivity index (χ0) is 17.2. The van der Waals surface area contributed by atoms with Gasteiger partial charge in [0.2, 0.25) is 0 Å². The highest BCUT2D eigenvalue weighted by Gasteiger charge is 2.31. The van der Waals surface area contributed by atoms with Gasteiger partial charge in [0.1, 0.15) is 5.03 Å². The van der Waals surface area contributed by atoms with E-state index < -0.39 is 11.7 Å². The molecule has 0 aliphatic carbocycles. The van der Waals surface area contributed by atoms with Gasteiger partial charge < -0.3 is 0 Å². The summed E-state index contributed by atoms with van der Waals surface area (Å²) in [6, 6.07) is 2.59. The SMILES string of the molecule is FC(F)(F)c1cnc(SCc2csc(-c3ncccn3)n2)c(Cl)c1. The minimum Gasteiger partial charge on any atom is -0.248 e. The topological polar surface area (TPSA) is 51.6 Å². The number of thiazole rings is 1. The van der Waals surface area contributed by atoms with Gasteiger partial charge in [-0.15, -0.1) is 11.3 Å². The summed E-state index contributed by atoms with van der Waals surface area (Å²) in [7, 11) is 0. The Morgan fingerprint density at radius 1 is 1.17 bits per heavy atom. The highest BCUT2D eigenvalue weighted by molar-refractivity contribution is 7.98. The van der Waals surface area contributed by atoms with Gasteiger partial charge in [0.25, 0.3) is 0 Å². The quantitative estimate of drug-likeness (QED) is 0.591. The molecule has 0 atom stereocenters. The Morgan fingerprint density at radius 3 is 2.58 bits per heavy atom. The van der Waals surface area contributed by atoms with Crippen LogP contribution in [0.15, 0.2) is 41.1 Å². The van der Waals surface area contributed by atoms with Crippen LogP contribution in [-0.4, -0.2) is 19.9 Å². The van der Waals surface area contributed by atoms with E-state index in [0.717, 1.165) is 18.0 Å². The number of hydrogen-bond donors (Lipinski definition) is 0. The standard InChI is InChI=1S/C14H8ClF3N4S2/c15-10-4-8(14(16,17)18)5-21-12(10)23-6-9-7-24-13(22-9)11-19-2-1-3-20-11/h1-5,7H,6H2. The molecule has 0 amide bonds. The number of halogens is 4. The molecule has 0 saturated carbocycles. The lowest BCUT2D eigenvalue weighted by atomic mass is 10.3. The summed E-state index contributed by atoms with van der Waals surface area (Å²) in [6.45, 7) is 0. The van der Waals surface area contributed by atoms with Crippen LogP contribution in [0.5, 0.6) is 0 Å². The fraction of sp³-hybridized carbons (Fsp3) is 0.143. The van der Waals surface area contributed by atoms with Crippen LogP contribution in [0.4, 0.5) is 13.2 Å². The second-order valence-corrected chi connectivity index (χ2v) is 6.74. The van der Waals surface area contributed by atoms with Crippen molar-refractivity contribution in [2.75, 3.05) is 0 Å². The average molecular weight is 389 g/mol. The molecule has 0 radical (unpaired) electrons. The Hall–Kier alpha value is -1.71. The molecule has 4 nitrogen and oxygen atoms in total. The predicted molar refractivity (Wildman–Crippen MR) is 87.0 cm³/mol. The van der Waals surface area contributed by atoms with E-state index >= 15 is 0 Å². The van der Waals surface area contributed by atoms with Gasteiger partial charge in [0, 0.05) is 29.7 Å². The van der Waals surface area contributed by atoms with Crippen LogP contribution in [0, 0.1) is 0 Å². The highest BCUT2D eigenvalue weighted by Crippen LogP contribution is 2.34. The molecule has 3 aromatic rings. The van der Waals surface area contributed by atoms with E-state index in [0.29, 0.717) is 21.6 Å². The van der Waals surface area contributed by atoms with E-state index in [1.54, 1.807) is 18.5 Å². The Labute approximate surface area is 148 Å². The number of aromatic nitrogens is 4. The molecule has 3 heterocycles. The summed E-state index contributed by atoms with van der Waals surface area (Å²) in [5, 5.41) is 2.82. The van der Waals surface area contributed by atoms with Crippen LogP contribution in [0.3, 0.4) is 0 Å². The summed E-state index contributed by atoms with van der Waals surface area (Å²) in [5.74, 6) is 0.964. The Morgan fingerprint density at radius 2 is 1.92 bits per heavy atom. The van der Waals surface area contributed by atoms with E-state index in [4.69, 9.17) is 11.6 Å². The lowest BCUT2D eigenvalue weighted by molar-refractivity contribution is -0.137. The molecule has 0 N–H and O–H groups in total. The van der Waals surface area contributed by atoms with Crippen molar-refractivity contribution in [1.29, 1.82) is 0 Å². The third-order valence-corrected chi connectivity index (χ3v) is 5.13. The van der Waals surface area contributed by atoms with Crippen molar-refractivity contribution in [1.82, 2.24) is 19.9 Å². The molecule has 0 bridgehead atoms. The van der Waals surface area contributed by atoms with Crippen molar-refractivity contribution in [3.8, 4) is 10.8 Å². The minimum atomic E-state index is -4.46. The molecule has 0 unspecified atom stereocenters. The molecule has 3 rings (SSSR count). The van der Waals surface area contributed by atoms with Gasteiger partial charge in [-0.25, -0.2) is 19.9 Å². The van der Waals surface area contributed by atoms with Crippen molar-refractivity contribution in [2.24, 2.45) is 0 Å². The third-order valence-electron chi connectivity index (χ3n) is 2.80. The first-order chi connectivity index (χ1) is 11.4.